The topological polar surface area (TPSA) is 105 Å². The van der Waals surface area contributed by atoms with Gasteiger partial charge < -0.3 is 14.2 Å². The van der Waals surface area contributed by atoms with Gasteiger partial charge in [-0.25, -0.2) is 20.0 Å². The van der Waals surface area contributed by atoms with Crippen LogP contribution in [0.1, 0.15) is 19.8 Å². The van der Waals surface area contributed by atoms with Crippen LogP contribution in [0.2, 0.25) is 0 Å². The van der Waals surface area contributed by atoms with E-state index in [1.54, 1.807) is 0 Å². The summed E-state index contributed by atoms with van der Waals surface area (Å²) in [6.07, 6.45) is 5.10. The van der Waals surface area contributed by atoms with E-state index in [1.165, 1.54) is 6.08 Å². The lowest BCUT2D eigenvalue weighted by molar-refractivity contribution is 0.102. The van der Waals surface area contributed by atoms with E-state index in [0.717, 1.165) is 45.3 Å². The van der Waals surface area contributed by atoms with Crippen molar-refractivity contribution in [1.82, 2.24) is 0 Å². The SMILES string of the molecule is C(OCC1CO1)C1CO1.CCCCN=C=O.N=C=O. The molecule has 7 heteroatoms. The maximum atomic E-state index is 9.39. The highest BCUT2D eigenvalue weighted by Gasteiger charge is 2.26. The monoisotopic (exact) mass is 272 g/mol. The Morgan fingerprint density at radius 3 is 2.05 bits per heavy atom. The maximum Gasteiger partial charge on any atom is 0.234 e. The fourth-order valence-corrected chi connectivity index (χ4v) is 0.942. The number of hydrogen-bond acceptors (Lipinski definition) is 7. The second-order valence-corrected chi connectivity index (χ2v) is 3.88. The van der Waals surface area contributed by atoms with Gasteiger partial charge in [0.15, 0.2) is 0 Å². The summed E-state index contributed by atoms with van der Waals surface area (Å²) in [5.74, 6) is 0. The number of ether oxygens (including phenoxy) is 3. The Hall–Kier alpha value is -1.36. The van der Waals surface area contributed by atoms with E-state index < -0.39 is 0 Å². The molecule has 108 valence electrons. The lowest BCUT2D eigenvalue weighted by Gasteiger charge is -1.95. The first-order valence-electron chi connectivity index (χ1n) is 6.16. The molecule has 0 bridgehead atoms. The van der Waals surface area contributed by atoms with Crippen molar-refractivity contribution >= 4 is 12.2 Å². The smallest absolute Gasteiger partial charge is 0.234 e. The van der Waals surface area contributed by atoms with Crippen LogP contribution in [0.25, 0.3) is 0 Å². The Bertz CT molecular complexity index is 278. The third-order valence-electron chi connectivity index (χ3n) is 2.10. The van der Waals surface area contributed by atoms with E-state index in [-0.39, 0.29) is 0 Å². The molecule has 2 aliphatic heterocycles. The van der Waals surface area contributed by atoms with E-state index in [0.29, 0.717) is 18.8 Å². The molecule has 0 aromatic rings. The summed E-state index contributed by atoms with van der Waals surface area (Å²) in [6.45, 7) is 5.96. The van der Waals surface area contributed by atoms with E-state index in [9.17, 15) is 4.79 Å². The molecule has 2 atom stereocenters. The van der Waals surface area contributed by atoms with Crippen molar-refractivity contribution in [3.05, 3.63) is 0 Å². The molecule has 0 aromatic heterocycles. The van der Waals surface area contributed by atoms with Crippen molar-refractivity contribution in [3.63, 3.8) is 0 Å². The molecule has 2 unspecified atom stereocenters. The number of unbranched alkanes of at least 4 members (excludes halogenated alkanes) is 1. The molecule has 2 fully saturated rings. The summed E-state index contributed by atoms with van der Waals surface area (Å²) in [7, 11) is 0. The lowest BCUT2D eigenvalue weighted by Crippen LogP contribution is -2.06. The molecule has 2 aliphatic rings. The van der Waals surface area contributed by atoms with Gasteiger partial charge in [0.05, 0.1) is 33.0 Å². The van der Waals surface area contributed by atoms with E-state index >= 15 is 0 Å². The van der Waals surface area contributed by atoms with Crippen LogP contribution in [0.15, 0.2) is 4.99 Å². The predicted octanol–water partition coefficient (Wildman–Crippen LogP) is 0.824. The van der Waals surface area contributed by atoms with Gasteiger partial charge in [-0.2, -0.15) is 0 Å². The Morgan fingerprint density at radius 1 is 1.26 bits per heavy atom. The molecule has 0 aliphatic carbocycles. The summed E-state index contributed by atoms with van der Waals surface area (Å²) in [5.41, 5.74) is 0. The van der Waals surface area contributed by atoms with Gasteiger partial charge in [0, 0.05) is 0 Å². The van der Waals surface area contributed by atoms with Gasteiger partial charge >= 0.3 is 0 Å². The minimum absolute atomic E-state index is 0.392. The zero-order valence-corrected chi connectivity index (χ0v) is 11.1. The van der Waals surface area contributed by atoms with Crippen LogP contribution in [0.5, 0.6) is 0 Å². The fourth-order valence-electron chi connectivity index (χ4n) is 0.942. The van der Waals surface area contributed by atoms with Crippen molar-refractivity contribution in [2.75, 3.05) is 33.0 Å². The number of hydrogen-bond donors (Lipinski definition) is 1. The fraction of sp³-hybridized carbons (Fsp3) is 0.833. The summed E-state index contributed by atoms with van der Waals surface area (Å²) in [5, 5.41) is 5.40. The van der Waals surface area contributed by atoms with Gasteiger partial charge in [-0.3, -0.25) is 0 Å². The molecule has 2 rings (SSSR count). The van der Waals surface area contributed by atoms with Crippen molar-refractivity contribution in [3.8, 4) is 0 Å². The molecular weight excluding hydrogens is 252 g/mol. The van der Waals surface area contributed by atoms with Crippen LogP contribution >= 0.6 is 0 Å². The molecule has 2 heterocycles. The molecular formula is C12H20N2O5. The molecule has 1 N–H and O–H groups in total. The number of isocyanates is 2. The standard InChI is InChI=1S/C6H10O3.C5H9NO.CHNO/c1(5-3-8-5)7-2-6-4-9-6;1-2-3-4-6-5-7;2-1-3/h5-6H,1-4H2;2-4H2,1H3;2H. The number of rotatable bonds is 7. The third kappa shape index (κ3) is 16.6. The van der Waals surface area contributed by atoms with Crippen LogP contribution in [-0.2, 0) is 23.8 Å². The molecule has 0 aromatic carbocycles. The lowest BCUT2D eigenvalue weighted by atomic mass is 10.3. The van der Waals surface area contributed by atoms with Crippen LogP contribution in [-0.4, -0.2) is 57.3 Å². The zero-order chi connectivity index (χ0) is 14.3. The second kappa shape index (κ2) is 13.1. The first-order valence-corrected chi connectivity index (χ1v) is 6.16. The molecule has 0 saturated carbocycles. The largest absolute Gasteiger partial charge is 0.376 e. The van der Waals surface area contributed by atoms with E-state index in [2.05, 4.69) is 11.9 Å². The summed E-state index contributed by atoms with van der Waals surface area (Å²) in [6, 6.07) is 0. The maximum absolute atomic E-state index is 9.39. The van der Waals surface area contributed by atoms with Crippen LogP contribution in [0.4, 0.5) is 0 Å². The average Bonchev–Trinajstić information content (AvgIpc) is 3.26. The van der Waals surface area contributed by atoms with E-state index in [4.69, 9.17) is 24.4 Å². The van der Waals surface area contributed by atoms with Crippen molar-refractivity contribution < 1.29 is 23.8 Å². The van der Waals surface area contributed by atoms with Crippen molar-refractivity contribution in [1.29, 1.82) is 5.41 Å². The van der Waals surface area contributed by atoms with Gasteiger partial charge in [0.1, 0.15) is 12.2 Å². The van der Waals surface area contributed by atoms with Gasteiger partial charge in [-0.1, -0.05) is 13.3 Å². The quantitative estimate of drug-likeness (QED) is 0.320. The van der Waals surface area contributed by atoms with Crippen LogP contribution < -0.4 is 0 Å². The van der Waals surface area contributed by atoms with Gasteiger partial charge in [0.25, 0.3) is 0 Å². The van der Waals surface area contributed by atoms with Gasteiger partial charge in [0.2, 0.25) is 12.2 Å². The van der Waals surface area contributed by atoms with Crippen molar-refractivity contribution in [2.45, 2.75) is 32.0 Å². The normalized spacial score (nSPS) is 21.5. The third-order valence-corrected chi connectivity index (χ3v) is 2.10. The predicted molar refractivity (Wildman–Crippen MR) is 66.6 cm³/mol. The van der Waals surface area contributed by atoms with E-state index in [1.807, 2.05) is 0 Å². The number of carbonyl (C=O) groups excluding carboxylic acids is 2. The highest BCUT2D eigenvalue weighted by molar-refractivity contribution is 5.32. The number of nitrogens with zero attached hydrogens (tertiary/aromatic N) is 1. The molecule has 2 saturated heterocycles. The molecule has 0 amide bonds. The van der Waals surface area contributed by atoms with Crippen molar-refractivity contribution in [2.24, 2.45) is 4.99 Å². The molecule has 0 radical (unpaired) electrons. The Balaban J connectivity index is 0.000000292. The molecule has 0 spiro atoms. The first kappa shape index (κ1) is 17.6. The van der Waals surface area contributed by atoms with Gasteiger partial charge in [-0.15, -0.1) is 0 Å². The average molecular weight is 272 g/mol. The Kier molecular flexibility index (Phi) is 12.1. The zero-order valence-electron chi connectivity index (χ0n) is 11.1. The highest BCUT2D eigenvalue weighted by atomic mass is 16.6. The summed E-state index contributed by atoms with van der Waals surface area (Å²) >= 11 is 0. The molecule has 19 heavy (non-hydrogen) atoms. The Labute approximate surface area is 112 Å². The summed E-state index contributed by atoms with van der Waals surface area (Å²) < 4.78 is 15.1. The minimum atomic E-state index is 0.392. The molecule has 7 nitrogen and oxygen atoms in total. The highest BCUT2D eigenvalue weighted by Crippen LogP contribution is 2.12. The first-order chi connectivity index (χ1) is 9.28. The summed E-state index contributed by atoms with van der Waals surface area (Å²) in [4.78, 5) is 21.1. The number of epoxide rings is 2. The van der Waals surface area contributed by atoms with Crippen LogP contribution in [0.3, 0.4) is 0 Å². The number of nitrogens with one attached hydrogen (secondary N) is 1. The second-order valence-electron chi connectivity index (χ2n) is 3.88. The number of aliphatic imine (C=N–C) groups is 1. The van der Waals surface area contributed by atoms with Gasteiger partial charge in [-0.05, 0) is 6.42 Å². The minimum Gasteiger partial charge on any atom is -0.376 e. The Morgan fingerprint density at radius 2 is 1.74 bits per heavy atom. The van der Waals surface area contributed by atoms with Crippen LogP contribution in [0, 0.1) is 5.41 Å².